The molecule has 1 aromatic heterocycles. The monoisotopic (exact) mass is 249 g/mol. The van der Waals surface area contributed by atoms with Crippen LogP contribution in [-0.2, 0) is 6.54 Å². The van der Waals surface area contributed by atoms with Crippen LogP contribution in [0.1, 0.15) is 5.56 Å². The van der Waals surface area contributed by atoms with E-state index in [0.717, 1.165) is 18.7 Å². The third kappa shape index (κ3) is 2.66. The SMILES string of the molecule is CN1CCN(Cc2ccc(Cl)nc2)C1=NC#N. The number of hydrogen-bond donors (Lipinski definition) is 0. The average Bonchev–Trinajstić information content (AvgIpc) is 2.65. The highest BCUT2D eigenvalue weighted by Crippen LogP contribution is 2.13. The lowest BCUT2D eigenvalue weighted by Gasteiger charge is -2.19. The van der Waals surface area contributed by atoms with Gasteiger partial charge in [0.25, 0.3) is 0 Å². The molecule has 0 atom stereocenters. The zero-order chi connectivity index (χ0) is 12.3. The van der Waals surface area contributed by atoms with Crippen molar-refractivity contribution in [3.05, 3.63) is 29.0 Å². The lowest BCUT2D eigenvalue weighted by Crippen LogP contribution is -2.30. The number of guanidine groups is 1. The molecule has 1 aliphatic heterocycles. The van der Waals surface area contributed by atoms with Crippen molar-refractivity contribution in [3.63, 3.8) is 0 Å². The molecule has 0 unspecified atom stereocenters. The first kappa shape index (κ1) is 11.7. The lowest BCUT2D eigenvalue weighted by atomic mass is 10.3. The largest absolute Gasteiger partial charge is 0.343 e. The van der Waals surface area contributed by atoms with Gasteiger partial charge in [-0.25, -0.2) is 4.98 Å². The van der Waals surface area contributed by atoms with Crippen LogP contribution >= 0.6 is 11.6 Å². The second kappa shape index (κ2) is 5.02. The Morgan fingerprint density at radius 2 is 2.35 bits per heavy atom. The van der Waals surface area contributed by atoms with Crippen LogP contribution in [0, 0.1) is 11.5 Å². The Bertz CT molecular complexity index is 462. The molecule has 1 aromatic rings. The van der Waals surface area contributed by atoms with Gasteiger partial charge < -0.3 is 9.80 Å². The quantitative estimate of drug-likeness (QED) is 0.586. The van der Waals surface area contributed by atoms with Crippen molar-refractivity contribution in [2.45, 2.75) is 6.54 Å². The van der Waals surface area contributed by atoms with Crippen LogP contribution in [-0.4, -0.2) is 40.9 Å². The molecular weight excluding hydrogens is 238 g/mol. The van der Waals surface area contributed by atoms with Crippen LogP contribution in [0.5, 0.6) is 0 Å². The summed E-state index contributed by atoms with van der Waals surface area (Å²) in [5, 5.41) is 9.13. The van der Waals surface area contributed by atoms with E-state index >= 15 is 0 Å². The molecule has 1 aliphatic rings. The van der Waals surface area contributed by atoms with Crippen molar-refractivity contribution < 1.29 is 0 Å². The third-order valence-corrected chi connectivity index (χ3v) is 2.87. The van der Waals surface area contributed by atoms with E-state index in [2.05, 4.69) is 9.98 Å². The topological polar surface area (TPSA) is 55.5 Å². The zero-order valence-electron chi connectivity index (χ0n) is 9.47. The molecule has 17 heavy (non-hydrogen) atoms. The van der Waals surface area contributed by atoms with Crippen molar-refractivity contribution in [2.24, 2.45) is 4.99 Å². The van der Waals surface area contributed by atoms with Gasteiger partial charge in [0.15, 0.2) is 0 Å². The van der Waals surface area contributed by atoms with Gasteiger partial charge >= 0.3 is 0 Å². The number of aliphatic imine (C=N–C) groups is 1. The Labute approximate surface area is 105 Å². The highest BCUT2D eigenvalue weighted by Gasteiger charge is 2.23. The predicted molar refractivity (Wildman–Crippen MR) is 65.3 cm³/mol. The molecule has 5 nitrogen and oxygen atoms in total. The minimum Gasteiger partial charge on any atom is -0.343 e. The Hall–Kier alpha value is -1.80. The predicted octanol–water partition coefficient (Wildman–Crippen LogP) is 1.32. The first-order valence-electron chi connectivity index (χ1n) is 5.24. The van der Waals surface area contributed by atoms with Crippen LogP contribution in [0.4, 0.5) is 0 Å². The normalized spacial score (nSPS) is 17.6. The van der Waals surface area contributed by atoms with Gasteiger partial charge in [0.05, 0.1) is 0 Å². The van der Waals surface area contributed by atoms with Crippen LogP contribution in [0.3, 0.4) is 0 Å². The standard InChI is InChI=1S/C11H12ClN5/c1-16-4-5-17(11(16)15-8-13)7-9-2-3-10(12)14-6-9/h2-3,6H,4-5,7H2,1H3. The summed E-state index contributed by atoms with van der Waals surface area (Å²) in [7, 11) is 1.93. The van der Waals surface area contributed by atoms with E-state index in [-0.39, 0.29) is 0 Å². The second-order valence-electron chi connectivity index (χ2n) is 3.84. The third-order valence-electron chi connectivity index (χ3n) is 2.64. The van der Waals surface area contributed by atoms with E-state index in [4.69, 9.17) is 16.9 Å². The number of aromatic nitrogens is 1. The van der Waals surface area contributed by atoms with Gasteiger partial charge in [0.2, 0.25) is 12.2 Å². The van der Waals surface area contributed by atoms with Crippen LogP contribution in [0.2, 0.25) is 5.15 Å². The molecule has 0 N–H and O–H groups in total. The van der Waals surface area contributed by atoms with Gasteiger partial charge in [0, 0.05) is 32.9 Å². The number of halogens is 1. The van der Waals surface area contributed by atoms with E-state index in [1.54, 1.807) is 12.3 Å². The number of likely N-dealkylation sites (N-methyl/N-ethyl adjacent to an activating group) is 1. The fourth-order valence-electron chi connectivity index (χ4n) is 1.78. The Morgan fingerprint density at radius 3 is 3.00 bits per heavy atom. The van der Waals surface area contributed by atoms with Crippen molar-refractivity contribution in [3.8, 4) is 6.19 Å². The number of rotatable bonds is 2. The van der Waals surface area contributed by atoms with Crippen LogP contribution in [0.15, 0.2) is 23.3 Å². The maximum absolute atomic E-state index is 8.64. The average molecular weight is 250 g/mol. The molecular formula is C11H12ClN5. The summed E-state index contributed by atoms with van der Waals surface area (Å²) in [6.07, 6.45) is 3.57. The highest BCUT2D eigenvalue weighted by molar-refractivity contribution is 6.29. The minimum absolute atomic E-state index is 0.484. The molecule has 0 aromatic carbocycles. The van der Waals surface area contributed by atoms with Crippen molar-refractivity contribution in [1.29, 1.82) is 5.26 Å². The first-order chi connectivity index (χ1) is 8.20. The van der Waals surface area contributed by atoms with Crippen molar-refractivity contribution in [2.75, 3.05) is 20.1 Å². The van der Waals surface area contributed by atoms with Crippen molar-refractivity contribution >= 4 is 17.6 Å². The summed E-state index contributed by atoms with van der Waals surface area (Å²) in [5.41, 5.74) is 1.05. The van der Waals surface area contributed by atoms with Gasteiger partial charge in [-0.2, -0.15) is 5.26 Å². The molecule has 6 heteroatoms. The Kier molecular flexibility index (Phi) is 3.45. The van der Waals surface area contributed by atoms with E-state index in [1.807, 2.05) is 29.1 Å². The fourth-order valence-corrected chi connectivity index (χ4v) is 1.89. The minimum atomic E-state index is 0.484. The van der Waals surface area contributed by atoms with Gasteiger partial charge in [-0.05, 0) is 11.6 Å². The number of nitrogens with zero attached hydrogens (tertiary/aromatic N) is 5. The molecule has 0 spiro atoms. The Morgan fingerprint density at radius 1 is 1.53 bits per heavy atom. The summed E-state index contributed by atoms with van der Waals surface area (Å²) in [6.45, 7) is 2.43. The van der Waals surface area contributed by atoms with E-state index in [9.17, 15) is 0 Å². The molecule has 88 valence electrons. The molecule has 1 saturated heterocycles. The van der Waals surface area contributed by atoms with E-state index in [1.165, 1.54) is 0 Å². The molecule has 0 bridgehead atoms. The maximum Gasteiger partial charge on any atom is 0.212 e. The summed E-state index contributed by atoms with van der Waals surface area (Å²) in [5.74, 6) is 0.711. The van der Waals surface area contributed by atoms with E-state index in [0.29, 0.717) is 17.7 Å². The fraction of sp³-hybridized carbons (Fsp3) is 0.364. The number of hydrogen-bond acceptors (Lipinski definition) is 3. The Balaban J connectivity index is 2.11. The molecule has 0 saturated carbocycles. The molecule has 2 rings (SSSR count). The van der Waals surface area contributed by atoms with E-state index < -0.39 is 0 Å². The second-order valence-corrected chi connectivity index (χ2v) is 4.23. The smallest absolute Gasteiger partial charge is 0.212 e. The van der Waals surface area contributed by atoms with Gasteiger partial charge in [-0.15, -0.1) is 4.99 Å². The highest BCUT2D eigenvalue weighted by atomic mass is 35.5. The summed E-state index contributed by atoms with van der Waals surface area (Å²) < 4.78 is 0. The van der Waals surface area contributed by atoms with Crippen LogP contribution in [0.25, 0.3) is 0 Å². The molecule has 0 radical (unpaired) electrons. The maximum atomic E-state index is 8.64. The molecule has 2 heterocycles. The molecule has 0 aliphatic carbocycles. The number of pyridine rings is 1. The number of nitriles is 1. The van der Waals surface area contributed by atoms with Gasteiger partial charge in [-0.3, -0.25) is 0 Å². The summed E-state index contributed by atoms with van der Waals surface area (Å²) in [6, 6.07) is 3.69. The zero-order valence-corrected chi connectivity index (χ0v) is 10.2. The summed E-state index contributed by atoms with van der Waals surface area (Å²) in [4.78, 5) is 11.9. The summed E-state index contributed by atoms with van der Waals surface area (Å²) >= 11 is 5.73. The van der Waals surface area contributed by atoms with Gasteiger partial charge in [-0.1, -0.05) is 17.7 Å². The lowest BCUT2D eigenvalue weighted by molar-refractivity contribution is 0.456. The molecule has 1 fully saturated rings. The van der Waals surface area contributed by atoms with Crippen molar-refractivity contribution in [1.82, 2.24) is 14.8 Å². The molecule has 0 amide bonds. The van der Waals surface area contributed by atoms with Crippen LogP contribution < -0.4 is 0 Å². The first-order valence-corrected chi connectivity index (χ1v) is 5.62. The van der Waals surface area contributed by atoms with Gasteiger partial charge in [0.1, 0.15) is 5.15 Å².